The van der Waals surface area contributed by atoms with Gasteiger partial charge in [0.25, 0.3) is 0 Å². The molecule has 1 aromatic carbocycles. The third kappa shape index (κ3) is 2.84. The first-order valence-electron chi connectivity index (χ1n) is 6.42. The number of halogens is 2. The van der Waals surface area contributed by atoms with E-state index in [0.717, 1.165) is 29.0 Å². The Kier molecular flexibility index (Phi) is 4.25. The first-order valence-corrected chi connectivity index (χ1v) is 7.59. The zero-order valence-electron chi connectivity index (χ0n) is 11.1. The predicted molar refractivity (Wildman–Crippen MR) is 82.7 cm³/mol. The summed E-state index contributed by atoms with van der Waals surface area (Å²) in [7, 11) is 0. The van der Waals surface area contributed by atoms with Gasteiger partial charge in [0.15, 0.2) is 0 Å². The number of nitrogens with one attached hydrogen (secondary N) is 1. The van der Waals surface area contributed by atoms with E-state index in [4.69, 9.17) is 11.6 Å². The summed E-state index contributed by atoms with van der Waals surface area (Å²) in [5.74, 6) is 0. The van der Waals surface area contributed by atoms with E-state index in [2.05, 4.69) is 46.9 Å². The topological polar surface area (TPSA) is 15.3 Å². The van der Waals surface area contributed by atoms with Crippen LogP contribution < -0.4 is 10.2 Å². The van der Waals surface area contributed by atoms with E-state index < -0.39 is 0 Å². The van der Waals surface area contributed by atoms with E-state index in [1.54, 1.807) is 0 Å². The van der Waals surface area contributed by atoms with Crippen LogP contribution in [0, 0.1) is 0 Å². The Balaban J connectivity index is 2.32. The third-order valence-electron chi connectivity index (χ3n) is 3.87. The van der Waals surface area contributed by atoms with Gasteiger partial charge in [0, 0.05) is 34.2 Å². The summed E-state index contributed by atoms with van der Waals surface area (Å²) < 4.78 is 1.11. The van der Waals surface area contributed by atoms with E-state index in [9.17, 15) is 0 Å². The van der Waals surface area contributed by atoms with Gasteiger partial charge in [-0.1, -0.05) is 18.5 Å². The lowest BCUT2D eigenvalue weighted by atomic mass is 9.93. The van der Waals surface area contributed by atoms with E-state index in [1.807, 2.05) is 18.2 Å². The molecule has 2 unspecified atom stereocenters. The lowest BCUT2D eigenvalue weighted by molar-refractivity contribution is 0.285. The molecule has 1 N–H and O–H groups in total. The third-order valence-corrected chi connectivity index (χ3v) is 4.78. The number of rotatable bonds is 2. The van der Waals surface area contributed by atoms with Gasteiger partial charge >= 0.3 is 0 Å². The maximum atomic E-state index is 6.13. The Labute approximate surface area is 123 Å². The zero-order chi connectivity index (χ0) is 13.3. The molecule has 0 saturated carbocycles. The second-order valence-electron chi connectivity index (χ2n) is 5.37. The molecule has 0 aliphatic carbocycles. The molecule has 0 amide bonds. The number of hydrogen-bond acceptors (Lipinski definition) is 2. The second kappa shape index (κ2) is 5.40. The predicted octanol–water partition coefficient (Wildman–Crippen LogP) is 4.07. The van der Waals surface area contributed by atoms with Gasteiger partial charge in [-0.05, 0) is 54.4 Å². The van der Waals surface area contributed by atoms with Gasteiger partial charge in [0.05, 0.1) is 5.69 Å². The molecule has 0 spiro atoms. The van der Waals surface area contributed by atoms with Crippen molar-refractivity contribution in [2.24, 2.45) is 0 Å². The fraction of sp³-hybridized carbons (Fsp3) is 0.571. The van der Waals surface area contributed by atoms with Crippen molar-refractivity contribution in [1.29, 1.82) is 0 Å². The molecule has 4 heteroatoms. The largest absolute Gasteiger partial charge is 0.365 e. The number of anilines is 1. The van der Waals surface area contributed by atoms with E-state index >= 15 is 0 Å². The lowest BCUT2D eigenvalue weighted by Crippen LogP contribution is -2.62. The van der Waals surface area contributed by atoms with Gasteiger partial charge in [0.1, 0.15) is 0 Å². The van der Waals surface area contributed by atoms with E-state index in [1.165, 1.54) is 5.69 Å². The van der Waals surface area contributed by atoms with Gasteiger partial charge in [-0.15, -0.1) is 0 Å². The minimum atomic E-state index is 0.175. The van der Waals surface area contributed by atoms with Crippen LogP contribution in [0.3, 0.4) is 0 Å². The van der Waals surface area contributed by atoms with Crippen molar-refractivity contribution in [3.05, 3.63) is 27.7 Å². The van der Waals surface area contributed by atoms with Gasteiger partial charge in [-0.25, -0.2) is 0 Å². The molecule has 0 aromatic heterocycles. The van der Waals surface area contributed by atoms with Gasteiger partial charge in [-0.2, -0.15) is 0 Å². The van der Waals surface area contributed by atoms with Crippen molar-refractivity contribution >= 4 is 33.2 Å². The molecule has 2 rings (SSSR count). The molecule has 2 nitrogen and oxygen atoms in total. The first-order chi connectivity index (χ1) is 8.45. The molecular weight excluding hydrogens is 312 g/mol. The molecule has 1 heterocycles. The van der Waals surface area contributed by atoms with Crippen molar-refractivity contribution in [2.45, 2.75) is 38.8 Å². The fourth-order valence-corrected chi connectivity index (χ4v) is 3.00. The summed E-state index contributed by atoms with van der Waals surface area (Å²) >= 11 is 9.76. The maximum Gasteiger partial charge on any atom is 0.0529 e. The molecule has 1 aliphatic rings. The monoisotopic (exact) mass is 330 g/mol. The van der Waals surface area contributed by atoms with Crippen LogP contribution in [-0.2, 0) is 0 Å². The van der Waals surface area contributed by atoms with Crippen molar-refractivity contribution in [3.63, 3.8) is 0 Å². The van der Waals surface area contributed by atoms with Crippen LogP contribution in [0.1, 0.15) is 27.2 Å². The van der Waals surface area contributed by atoms with E-state index in [0.29, 0.717) is 6.04 Å². The minimum absolute atomic E-state index is 0.175. The summed E-state index contributed by atoms with van der Waals surface area (Å²) in [5, 5.41) is 4.43. The quantitative estimate of drug-likeness (QED) is 0.879. The van der Waals surface area contributed by atoms with Gasteiger partial charge in [0.2, 0.25) is 0 Å². The fourth-order valence-electron chi connectivity index (χ4n) is 2.36. The Bertz CT molecular complexity index is 438. The normalized spacial score (nSPS) is 28.5. The average molecular weight is 332 g/mol. The Hall–Kier alpha value is -0.250. The molecule has 0 radical (unpaired) electrons. The Morgan fingerprint density at radius 1 is 1.56 bits per heavy atom. The lowest BCUT2D eigenvalue weighted by Gasteiger charge is -2.46. The molecule has 1 aromatic rings. The molecule has 18 heavy (non-hydrogen) atoms. The highest BCUT2D eigenvalue weighted by Gasteiger charge is 2.33. The summed E-state index contributed by atoms with van der Waals surface area (Å²) in [6.45, 7) is 8.76. The Morgan fingerprint density at radius 3 is 2.94 bits per heavy atom. The number of benzene rings is 1. The summed E-state index contributed by atoms with van der Waals surface area (Å²) in [6.07, 6.45) is 1.12. The minimum Gasteiger partial charge on any atom is -0.365 e. The van der Waals surface area contributed by atoms with Gasteiger partial charge < -0.3 is 10.2 Å². The summed E-state index contributed by atoms with van der Waals surface area (Å²) in [4.78, 5) is 2.44. The van der Waals surface area contributed by atoms with Crippen molar-refractivity contribution < 1.29 is 0 Å². The van der Waals surface area contributed by atoms with Crippen LogP contribution in [0.15, 0.2) is 22.7 Å². The van der Waals surface area contributed by atoms with Crippen molar-refractivity contribution in [3.8, 4) is 0 Å². The smallest absolute Gasteiger partial charge is 0.0529 e. The number of nitrogens with zero attached hydrogens (tertiary/aromatic N) is 1. The van der Waals surface area contributed by atoms with Crippen LogP contribution in [0.5, 0.6) is 0 Å². The standard InChI is InChI=1S/C14H20BrClN2/c1-4-14(3)9-18(10(2)8-17-14)13-7-11(16)5-6-12(13)15/h5-7,10,17H,4,8-9H2,1-3H3. The highest BCUT2D eigenvalue weighted by Crippen LogP contribution is 2.33. The Morgan fingerprint density at radius 2 is 2.28 bits per heavy atom. The van der Waals surface area contributed by atoms with Crippen molar-refractivity contribution in [2.75, 3.05) is 18.0 Å². The highest BCUT2D eigenvalue weighted by molar-refractivity contribution is 9.10. The number of hydrogen-bond donors (Lipinski definition) is 1. The van der Waals surface area contributed by atoms with Crippen LogP contribution >= 0.6 is 27.5 Å². The number of piperazine rings is 1. The highest BCUT2D eigenvalue weighted by atomic mass is 79.9. The SMILES string of the molecule is CCC1(C)CN(c2cc(Cl)ccc2Br)C(C)CN1. The molecule has 0 bridgehead atoms. The average Bonchev–Trinajstić information content (AvgIpc) is 2.36. The first kappa shape index (κ1) is 14.2. The summed E-state index contributed by atoms with van der Waals surface area (Å²) in [5.41, 5.74) is 1.37. The zero-order valence-corrected chi connectivity index (χ0v) is 13.5. The van der Waals surface area contributed by atoms with Crippen LogP contribution in [-0.4, -0.2) is 24.7 Å². The maximum absolute atomic E-state index is 6.13. The van der Waals surface area contributed by atoms with Crippen LogP contribution in [0.4, 0.5) is 5.69 Å². The molecule has 1 aliphatic heterocycles. The molecule has 1 fully saturated rings. The second-order valence-corrected chi connectivity index (χ2v) is 6.66. The van der Waals surface area contributed by atoms with Gasteiger partial charge in [-0.3, -0.25) is 0 Å². The molecule has 1 saturated heterocycles. The van der Waals surface area contributed by atoms with E-state index in [-0.39, 0.29) is 5.54 Å². The van der Waals surface area contributed by atoms with Crippen LogP contribution in [0.2, 0.25) is 5.02 Å². The summed E-state index contributed by atoms with van der Waals surface area (Å²) in [6, 6.07) is 6.46. The molecule has 100 valence electrons. The molecular formula is C14H20BrClN2. The van der Waals surface area contributed by atoms with Crippen molar-refractivity contribution in [1.82, 2.24) is 5.32 Å². The van der Waals surface area contributed by atoms with Crippen LogP contribution in [0.25, 0.3) is 0 Å². The molecule has 2 atom stereocenters.